The molecular formula is C68H56N2Na2O18. The number of aliphatic hydroxyl groups excluding tert-OH is 2. The van der Waals surface area contributed by atoms with Crippen molar-refractivity contribution in [3.05, 3.63) is 131 Å². The minimum Gasteiger partial charge on any atom is -0.476 e. The molecular weight excluding hydrogens is 1180 g/mol. The number of amides is 4. The van der Waals surface area contributed by atoms with Gasteiger partial charge in [-0.1, -0.05) is 87.3 Å². The number of imide groups is 2. The van der Waals surface area contributed by atoms with Crippen molar-refractivity contribution in [2.45, 2.75) is 77.0 Å². The molecule has 3 aliphatic rings. The van der Waals surface area contributed by atoms with Crippen molar-refractivity contribution in [3.8, 4) is 11.5 Å². The largest absolute Gasteiger partial charge is 1.00 e. The summed E-state index contributed by atoms with van der Waals surface area (Å²) in [6.07, 6.45) is 8.92. The van der Waals surface area contributed by atoms with Crippen LogP contribution in [0.1, 0.15) is 118 Å². The van der Waals surface area contributed by atoms with Crippen LogP contribution in [0.15, 0.2) is 97.1 Å². The van der Waals surface area contributed by atoms with E-state index in [1.807, 2.05) is 48.5 Å². The molecule has 2 N–H and O–H groups in total. The topological polar surface area (TPSA) is 289 Å². The summed E-state index contributed by atoms with van der Waals surface area (Å²) in [6.45, 7) is 2.33. The van der Waals surface area contributed by atoms with Gasteiger partial charge in [-0.3, -0.25) is 48.2 Å². The molecule has 13 rings (SSSR count). The van der Waals surface area contributed by atoms with E-state index >= 15 is 0 Å². The third-order valence-electron chi connectivity index (χ3n) is 15.7. The maximum absolute atomic E-state index is 13.6. The molecule has 0 aromatic heterocycles. The molecule has 0 atom stereocenters. The first-order chi connectivity index (χ1) is 42.9. The minimum absolute atomic E-state index is 0. The van der Waals surface area contributed by atoms with Crippen LogP contribution < -0.4 is 68.6 Å². The Hall–Kier alpha value is -8.36. The van der Waals surface area contributed by atoms with Crippen LogP contribution in [-0.2, 0) is 47.8 Å². The summed E-state index contributed by atoms with van der Waals surface area (Å²) in [5.74, 6) is -0.723. The smallest absolute Gasteiger partial charge is 0.476 e. The van der Waals surface area contributed by atoms with E-state index in [0.29, 0.717) is 126 Å². The van der Waals surface area contributed by atoms with Crippen LogP contribution in [0, 0.1) is 12.1 Å². The average Bonchev–Trinajstić information content (AvgIpc) is 0.725. The van der Waals surface area contributed by atoms with Crippen molar-refractivity contribution in [2.75, 3.05) is 39.5 Å². The monoisotopic (exact) mass is 1230 g/mol. The summed E-state index contributed by atoms with van der Waals surface area (Å²) in [5, 5.41) is 31.6. The van der Waals surface area contributed by atoms with Crippen molar-refractivity contribution < 1.29 is 146 Å². The second-order valence-corrected chi connectivity index (χ2v) is 20.7. The zero-order valence-corrected chi connectivity index (χ0v) is 53.4. The number of fused-ring (bicyclic) bond motifs is 4. The van der Waals surface area contributed by atoms with Crippen LogP contribution in [0.3, 0.4) is 0 Å². The van der Waals surface area contributed by atoms with E-state index in [2.05, 4.69) is 12.1 Å². The van der Waals surface area contributed by atoms with Gasteiger partial charge in [-0.05, 0) is 114 Å². The fraction of sp³-hybridized carbons (Fsp3) is 0.265. The van der Waals surface area contributed by atoms with Gasteiger partial charge in [0.15, 0.2) is 0 Å². The first-order valence-corrected chi connectivity index (χ1v) is 28.5. The minimum atomic E-state index is -0.334. The molecule has 0 spiro atoms. The van der Waals surface area contributed by atoms with Crippen molar-refractivity contribution in [3.63, 3.8) is 0 Å². The quantitative estimate of drug-likeness (QED) is 0.0180. The first-order valence-electron chi connectivity index (χ1n) is 28.5. The molecule has 0 aliphatic carbocycles. The number of rotatable bonds is 18. The Labute approximate surface area is 557 Å². The number of benzene rings is 10. The fourth-order valence-corrected chi connectivity index (χ4v) is 11.9. The number of aliphatic hydroxyl groups is 2. The number of hydrogen-bond acceptors (Lipinski definition) is 18. The van der Waals surface area contributed by atoms with Gasteiger partial charge in [0, 0.05) is 72.2 Å². The number of cyclic esters (lactones) is 1. The van der Waals surface area contributed by atoms with Crippen LogP contribution >= 0.6 is 0 Å². The standard InChI is InChI=1S/C33H28NO7.C27H18NO5.C6H10O2.2CO2.2Na/c35-17-4-1-2-9-28(37)40-18-5-3-16-34-32(38)25-12-10-22-20-7-6-8-24-27(41-19-36)15-14-21(29(20)24)23-11-13-26(33(34)39)31(25)30(22)23;29-13-2-1-12-28-26(31)20-8-6-17-15-4-3-5-19-22(33-14-30)11-10-16(23(15)19)18-7-9-21(27(28)32)25(20)24(17)18;7-6-4-2-1-3-5-8-6;2*2-1-3;;/h6-7,10-15,19,35H,1-5,9,16-18H2;3-4,6-11,14,29H,1-2,12-13H2;1-5H2;;;;/q2*-1;;;;2*+1. The van der Waals surface area contributed by atoms with Gasteiger partial charge in [0.05, 0.1) is 24.7 Å². The molecule has 10 aromatic carbocycles. The van der Waals surface area contributed by atoms with Crippen LogP contribution in [0.5, 0.6) is 11.5 Å². The third-order valence-corrected chi connectivity index (χ3v) is 15.7. The van der Waals surface area contributed by atoms with E-state index in [1.165, 1.54) is 9.80 Å². The third kappa shape index (κ3) is 14.0. The van der Waals surface area contributed by atoms with Crippen molar-refractivity contribution in [1.82, 2.24) is 9.80 Å². The molecule has 3 aliphatic heterocycles. The SMILES string of the molecule is O=C1CCCCCO1.O=C=O.O=C=O.O=COc1ccc2c3ccc4c5c(ccc(c6cc[c-]c1c62)c53)C(=O)N(CCCCO)C4=O.O=COc1ccc2c3ccc4c5c(ccc(c6cc[c-]c1c62)c53)C(=O)N(CCCCOC(=O)CCCCCO)C4=O.[Na+].[Na+]. The average molecular weight is 1240 g/mol. The van der Waals surface area contributed by atoms with Gasteiger partial charge in [0.2, 0.25) is 0 Å². The van der Waals surface area contributed by atoms with Gasteiger partial charge in [0.25, 0.3) is 36.6 Å². The molecule has 10 aromatic rings. The van der Waals surface area contributed by atoms with E-state index in [9.17, 15) is 38.4 Å². The van der Waals surface area contributed by atoms with Gasteiger partial charge in [-0.15, -0.1) is 47.2 Å². The summed E-state index contributed by atoms with van der Waals surface area (Å²) in [5.41, 5.74) is 1.99. The number of ether oxygens (including phenoxy) is 4. The zero-order valence-electron chi connectivity index (χ0n) is 49.4. The molecule has 0 unspecified atom stereocenters. The normalized spacial score (nSPS) is 13.1. The van der Waals surface area contributed by atoms with Gasteiger partial charge in [-0.25, -0.2) is 0 Å². The maximum Gasteiger partial charge on any atom is 1.00 e. The maximum atomic E-state index is 13.6. The van der Waals surface area contributed by atoms with Gasteiger partial charge in [-0.2, -0.15) is 19.2 Å². The van der Waals surface area contributed by atoms with E-state index in [-0.39, 0.29) is 140 Å². The predicted molar refractivity (Wildman–Crippen MR) is 319 cm³/mol. The predicted octanol–water partition coefficient (Wildman–Crippen LogP) is 3.93. The van der Waals surface area contributed by atoms with E-state index in [1.54, 1.807) is 48.5 Å². The molecule has 90 heavy (non-hydrogen) atoms. The van der Waals surface area contributed by atoms with Crippen LogP contribution in [0.25, 0.3) is 86.2 Å². The van der Waals surface area contributed by atoms with Crippen molar-refractivity contribution in [1.29, 1.82) is 0 Å². The van der Waals surface area contributed by atoms with Gasteiger partial charge < -0.3 is 29.2 Å². The summed E-state index contributed by atoms with van der Waals surface area (Å²) >= 11 is 0. The number of carbonyl (C=O) groups excluding carboxylic acids is 12. The molecule has 0 saturated carbocycles. The van der Waals surface area contributed by atoms with Gasteiger partial charge >= 0.3 is 83.4 Å². The number of hydrogen-bond donors (Lipinski definition) is 2. The van der Waals surface area contributed by atoms with Crippen molar-refractivity contribution in [2.24, 2.45) is 0 Å². The summed E-state index contributed by atoms with van der Waals surface area (Å²) in [6, 6.07) is 36.0. The Kier molecular flexibility index (Phi) is 24.9. The molecule has 448 valence electrons. The Morgan fingerprint density at radius 3 is 1.30 bits per heavy atom. The molecule has 4 amide bonds. The number of esters is 2. The molecule has 0 bridgehead atoms. The summed E-state index contributed by atoms with van der Waals surface area (Å²) in [4.78, 5) is 133. The van der Waals surface area contributed by atoms with E-state index < -0.39 is 0 Å². The zero-order chi connectivity index (χ0) is 62.4. The Bertz CT molecular complexity index is 4260. The van der Waals surface area contributed by atoms with Crippen molar-refractivity contribution >= 4 is 147 Å². The molecule has 0 radical (unpaired) electrons. The molecule has 1 fully saturated rings. The second kappa shape index (κ2) is 32.4. The number of nitrogens with zero attached hydrogens (tertiary/aromatic N) is 2. The fourth-order valence-electron chi connectivity index (χ4n) is 11.9. The molecule has 3 heterocycles. The summed E-state index contributed by atoms with van der Waals surface area (Å²) in [7, 11) is 0. The Balaban J connectivity index is 0.000000210. The molecule has 20 nitrogen and oxygen atoms in total. The number of unbranched alkanes of at least 4 members (excludes halogenated alkanes) is 4. The van der Waals surface area contributed by atoms with E-state index in [0.717, 1.165) is 90.3 Å². The molecule has 1 saturated heterocycles. The van der Waals surface area contributed by atoms with Crippen LogP contribution in [0.4, 0.5) is 0 Å². The van der Waals surface area contributed by atoms with Crippen LogP contribution in [-0.4, -0.2) is 120 Å². The molecule has 22 heteroatoms. The second-order valence-electron chi connectivity index (χ2n) is 20.7. The first kappa shape index (κ1) is 69.1. The Morgan fingerprint density at radius 1 is 0.489 bits per heavy atom. The summed E-state index contributed by atoms with van der Waals surface area (Å²) < 4.78 is 20.4. The van der Waals surface area contributed by atoms with E-state index in [4.69, 9.17) is 48.3 Å². The Morgan fingerprint density at radius 2 is 0.878 bits per heavy atom. The number of carbonyl (C=O) groups is 8. The van der Waals surface area contributed by atoms with Crippen LogP contribution in [0.2, 0.25) is 0 Å². The van der Waals surface area contributed by atoms with Gasteiger partial charge in [0.1, 0.15) is 0 Å².